The normalized spacial score (nSPS) is 37.2. The first kappa shape index (κ1) is 20.3. The maximum absolute atomic E-state index is 12.5. The van der Waals surface area contributed by atoms with E-state index in [9.17, 15) is 15.0 Å². The zero-order valence-electron chi connectivity index (χ0n) is 15.9. The van der Waals surface area contributed by atoms with Crippen LogP contribution in [0.2, 0.25) is 0 Å². The van der Waals surface area contributed by atoms with E-state index < -0.39 is 6.10 Å². The standard InChI is InChI=1S/C21H34O4/c1-5-21(2,3)17-12-15(20(25-4)13-19(17)24)8-11-18(23)14-6-9-16(22)10-7-14/h5,8,11,14-17,19-20,22,24H,1,6-7,9-10,12-13H2,2-4H3/b11-8+. The Bertz CT molecular complexity index is 488. The number of carbonyl (C=O) groups excluding carboxylic acids is 1. The van der Waals surface area contributed by atoms with Crippen LogP contribution in [0.4, 0.5) is 0 Å². The summed E-state index contributed by atoms with van der Waals surface area (Å²) in [5.74, 6) is 0.421. The molecule has 0 bridgehead atoms. The largest absolute Gasteiger partial charge is 0.393 e. The predicted molar refractivity (Wildman–Crippen MR) is 99.1 cm³/mol. The molecule has 4 unspecified atom stereocenters. The molecule has 2 aliphatic rings. The quantitative estimate of drug-likeness (QED) is 0.570. The van der Waals surface area contributed by atoms with Gasteiger partial charge in [-0.3, -0.25) is 4.79 Å². The fourth-order valence-corrected chi connectivity index (χ4v) is 4.32. The van der Waals surface area contributed by atoms with Gasteiger partial charge in [-0.1, -0.05) is 26.0 Å². The number of ether oxygens (including phenoxy) is 1. The van der Waals surface area contributed by atoms with E-state index >= 15 is 0 Å². The van der Waals surface area contributed by atoms with Gasteiger partial charge in [0.1, 0.15) is 0 Å². The molecule has 0 spiro atoms. The summed E-state index contributed by atoms with van der Waals surface area (Å²) in [5, 5.41) is 20.1. The van der Waals surface area contributed by atoms with E-state index in [1.165, 1.54) is 0 Å². The maximum atomic E-state index is 12.5. The third kappa shape index (κ3) is 5.02. The first-order valence-electron chi connectivity index (χ1n) is 9.53. The van der Waals surface area contributed by atoms with Crippen molar-refractivity contribution in [2.45, 2.75) is 70.7 Å². The summed E-state index contributed by atoms with van der Waals surface area (Å²) in [4.78, 5) is 12.5. The molecular formula is C21H34O4. The average molecular weight is 350 g/mol. The smallest absolute Gasteiger partial charge is 0.158 e. The van der Waals surface area contributed by atoms with E-state index in [1.54, 1.807) is 13.2 Å². The summed E-state index contributed by atoms with van der Waals surface area (Å²) < 4.78 is 5.58. The van der Waals surface area contributed by atoms with Crippen LogP contribution in [0.5, 0.6) is 0 Å². The fourth-order valence-electron chi connectivity index (χ4n) is 4.32. The van der Waals surface area contributed by atoms with Gasteiger partial charge in [0.25, 0.3) is 0 Å². The van der Waals surface area contributed by atoms with Crippen LogP contribution < -0.4 is 0 Å². The van der Waals surface area contributed by atoms with E-state index in [1.807, 2.05) is 12.2 Å². The Hall–Kier alpha value is -0.970. The predicted octanol–water partition coefficient (Wildman–Crippen LogP) is 3.28. The molecule has 25 heavy (non-hydrogen) atoms. The number of aliphatic hydroxyl groups excluding tert-OH is 2. The van der Waals surface area contributed by atoms with Gasteiger partial charge < -0.3 is 14.9 Å². The average Bonchev–Trinajstić information content (AvgIpc) is 2.60. The molecule has 0 saturated heterocycles. The first-order valence-corrected chi connectivity index (χ1v) is 9.53. The Balaban J connectivity index is 2.04. The van der Waals surface area contributed by atoms with Gasteiger partial charge in [0.15, 0.2) is 5.78 Å². The van der Waals surface area contributed by atoms with Gasteiger partial charge in [0, 0.05) is 25.4 Å². The minimum absolute atomic E-state index is 0.0373. The lowest BCUT2D eigenvalue weighted by Crippen LogP contribution is -2.44. The second-order valence-electron chi connectivity index (χ2n) is 8.38. The third-order valence-corrected chi connectivity index (χ3v) is 6.33. The van der Waals surface area contributed by atoms with Crippen molar-refractivity contribution in [2.75, 3.05) is 7.11 Å². The molecule has 0 heterocycles. The van der Waals surface area contributed by atoms with Crippen LogP contribution in [0.25, 0.3) is 0 Å². The van der Waals surface area contributed by atoms with Crippen molar-refractivity contribution in [1.82, 2.24) is 0 Å². The molecule has 0 aliphatic heterocycles. The molecule has 2 saturated carbocycles. The molecule has 4 nitrogen and oxygen atoms in total. The Morgan fingerprint density at radius 3 is 2.36 bits per heavy atom. The molecule has 0 radical (unpaired) electrons. The van der Waals surface area contributed by atoms with Gasteiger partial charge in [0.05, 0.1) is 18.3 Å². The lowest BCUT2D eigenvalue weighted by Gasteiger charge is -2.44. The van der Waals surface area contributed by atoms with Crippen molar-refractivity contribution in [1.29, 1.82) is 0 Å². The molecule has 0 aromatic carbocycles. The summed E-state index contributed by atoms with van der Waals surface area (Å²) in [7, 11) is 1.67. The van der Waals surface area contributed by atoms with Crippen molar-refractivity contribution in [2.24, 2.45) is 23.2 Å². The third-order valence-electron chi connectivity index (χ3n) is 6.33. The lowest BCUT2D eigenvalue weighted by molar-refractivity contribution is -0.119. The molecule has 4 atom stereocenters. The van der Waals surface area contributed by atoms with Gasteiger partial charge in [-0.15, -0.1) is 6.58 Å². The zero-order valence-corrected chi connectivity index (χ0v) is 15.9. The van der Waals surface area contributed by atoms with Crippen molar-refractivity contribution >= 4 is 5.78 Å². The van der Waals surface area contributed by atoms with Crippen LogP contribution in [0.1, 0.15) is 52.4 Å². The Morgan fingerprint density at radius 1 is 1.16 bits per heavy atom. The van der Waals surface area contributed by atoms with Crippen molar-refractivity contribution in [3.05, 3.63) is 24.8 Å². The Morgan fingerprint density at radius 2 is 1.80 bits per heavy atom. The van der Waals surface area contributed by atoms with Gasteiger partial charge in [-0.2, -0.15) is 0 Å². The van der Waals surface area contributed by atoms with E-state index in [-0.39, 0.29) is 41.2 Å². The second kappa shape index (κ2) is 8.61. The minimum atomic E-state index is -0.418. The van der Waals surface area contributed by atoms with Crippen LogP contribution in [0.15, 0.2) is 24.8 Å². The topological polar surface area (TPSA) is 66.8 Å². The number of allylic oxidation sites excluding steroid dienone is 2. The first-order chi connectivity index (χ1) is 11.8. The summed E-state index contributed by atoms with van der Waals surface area (Å²) in [5.41, 5.74) is -0.159. The summed E-state index contributed by atoms with van der Waals surface area (Å²) in [6, 6.07) is 0. The Labute approximate surface area is 152 Å². The zero-order chi connectivity index (χ0) is 18.6. The van der Waals surface area contributed by atoms with Crippen LogP contribution in [-0.4, -0.2) is 41.4 Å². The monoisotopic (exact) mass is 350 g/mol. The van der Waals surface area contributed by atoms with Crippen LogP contribution in [0.3, 0.4) is 0 Å². The van der Waals surface area contributed by atoms with Gasteiger partial charge in [-0.05, 0) is 49.5 Å². The van der Waals surface area contributed by atoms with Crippen molar-refractivity contribution in [3.63, 3.8) is 0 Å². The van der Waals surface area contributed by atoms with E-state index in [0.29, 0.717) is 6.42 Å². The SMILES string of the molecule is C=CC(C)(C)C1CC(/C=C/C(=O)C2CCC(O)CC2)C(OC)CC1O. The highest BCUT2D eigenvalue weighted by Gasteiger charge is 2.41. The minimum Gasteiger partial charge on any atom is -0.393 e. The highest BCUT2D eigenvalue weighted by Crippen LogP contribution is 2.42. The molecule has 2 fully saturated rings. The molecule has 2 N–H and O–H groups in total. The number of methoxy groups -OCH3 is 1. The Kier molecular flexibility index (Phi) is 7.01. The molecule has 4 heteroatoms. The molecule has 0 amide bonds. The van der Waals surface area contributed by atoms with Gasteiger partial charge >= 0.3 is 0 Å². The van der Waals surface area contributed by atoms with Crippen molar-refractivity contribution < 1.29 is 19.7 Å². The van der Waals surface area contributed by atoms with Gasteiger partial charge in [-0.25, -0.2) is 0 Å². The lowest BCUT2D eigenvalue weighted by atomic mass is 9.65. The molecular weight excluding hydrogens is 316 g/mol. The highest BCUT2D eigenvalue weighted by molar-refractivity contribution is 5.91. The summed E-state index contributed by atoms with van der Waals surface area (Å²) >= 11 is 0. The number of ketones is 1. The number of carbonyl (C=O) groups is 1. The number of hydrogen-bond donors (Lipinski definition) is 2. The van der Waals surface area contributed by atoms with E-state index in [2.05, 4.69) is 20.4 Å². The number of hydrogen-bond acceptors (Lipinski definition) is 4. The highest BCUT2D eigenvalue weighted by atomic mass is 16.5. The van der Waals surface area contributed by atoms with Crippen LogP contribution in [0, 0.1) is 23.2 Å². The van der Waals surface area contributed by atoms with Gasteiger partial charge in [0.2, 0.25) is 0 Å². The van der Waals surface area contributed by atoms with Crippen LogP contribution >= 0.6 is 0 Å². The summed E-state index contributed by atoms with van der Waals surface area (Å²) in [6.07, 6.45) is 9.23. The molecule has 0 aromatic rings. The van der Waals surface area contributed by atoms with Crippen molar-refractivity contribution in [3.8, 4) is 0 Å². The second-order valence-corrected chi connectivity index (χ2v) is 8.38. The molecule has 0 aromatic heterocycles. The van der Waals surface area contributed by atoms with E-state index in [4.69, 9.17) is 4.74 Å². The maximum Gasteiger partial charge on any atom is 0.158 e. The number of rotatable bonds is 6. The van der Waals surface area contributed by atoms with Crippen LogP contribution in [-0.2, 0) is 9.53 Å². The molecule has 2 aliphatic carbocycles. The summed E-state index contributed by atoms with van der Waals surface area (Å²) in [6.45, 7) is 8.11. The molecule has 2 rings (SSSR count). The number of aliphatic hydroxyl groups is 2. The van der Waals surface area contributed by atoms with E-state index in [0.717, 1.165) is 32.1 Å². The fraction of sp³-hybridized carbons (Fsp3) is 0.762. The molecule has 142 valence electrons.